The number of carbonyl (C=O) groups excluding carboxylic acids is 1. The van der Waals surface area contributed by atoms with E-state index < -0.39 is 0 Å². The summed E-state index contributed by atoms with van der Waals surface area (Å²) in [5.41, 5.74) is 0.714. The Kier molecular flexibility index (Phi) is 4.04. The molecule has 2 aromatic rings. The highest BCUT2D eigenvalue weighted by molar-refractivity contribution is 5.92. The van der Waals surface area contributed by atoms with Crippen LogP contribution in [-0.2, 0) is 4.74 Å². The highest BCUT2D eigenvalue weighted by Crippen LogP contribution is 2.55. The topological polar surface area (TPSA) is 92.5 Å². The Bertz CT molecular complexity index is 899. The van der Waals surface area contributed by atoms with Gasteiger partial charge in [0.15, 0.2) is 5.76 Å². The van der Waals surface area contributed by atoms with Gasteiger partial charge in [-0.15, -0.1) is 0 Å². The van der Waals surface area contributed by atoms with Crippen molar-refractivity contribution >= 4 is 17.7 Å². The minimum atomic E-state index is -0.153. The van der Waals surface area contributed by atoms with Crippen LogP contribution in [0.15, 0.2) is 29.0 Å². The molecule has 5 rings (SSSR count). The van der Waals surface area contributed by atoms with Crippen molar-refractivity contribution in [1.29, 1.82) is 0 Å². The van der Waals surface area contributed by atoms with Crippen LogP contribution in [0, 0.1) is 18.8 Å². The fourth-order valence-corrected chi connectivity index (χ4v) is 5.15. The number of anilines is 2. The van der Waals surface area contributed by atoms with Crippen LogP contribution < -0.4 is 15.5 Å². The maximum Gasteiger partial charge on any atom is 0.287 e. The standard InChI is InChI=1S/C20H25N5O3/c1-12-5-8-27-17(12)18(26)23-9-13-14-10-25(11-20(14)6-3-15(13)28-20)19-22-7-4-16(21-2)24-19/h4-5,7-8,13-15H,3,6,9-11H2,1-2H3,(H,23,26)(H,21,22,24)/t13-,14+,15+,20+/m0/s1. The predicted molar refractivity (Wildman–Crippen MR) is 103 cm³/mol. The van der Waals surface area contributed by atoms with Crippen molar-refractivity contribution in [2.24, 2.45) is 11.8 Å². The second-order valence-corrected chi connectivity index (χ2v) is 8.05. The molecule has 1 spiro atoms. The van der Waals surface area contributed by atoms with E-state index in [4.69, 9.17) is 9.15 Å². The molecule has 2 bridgehead atoms. The lowest BCUT2D eigenvalue weighted by Gasteiger charge is -2.29. The first-order chi connectivity index (χ1) is 13.6. The van der Waals surface area contributed by atoms with Gasteiger partial charge < -0.3 is 24.7 Å². The zero-order valence-corrected chi connectivity index (χ0v) is 16.1. The summed E-state index contributed by atoms with van der Waals surface area (Å²) in [5, 5.41) is 6.13. The Morgan fingerprint density at radius 1 is 1.43 bits per heavy atom. The molecule has 3 aliphatic heterocycles. The molecule has 4 atom stereocenters. The summed E-state index contributed by atoms with van der Waals surface area (Å²) in [7, 11) is 1.85. The van der Waals surface area contributed by atoms with Gasteiger partial charge in [-0.1, -0.05) is 0 Å². The Hall–Kier alpha value is -2.61. The van der Waals surface area contributed by atoms with Crippen molar-refractivity contribution in [3.8, 4) is 0 Å². The molecular weight excluding hydrogens is 358 g/mol. The monoisotopic (exact) mass is 383 g/mol. The SMILES string of the molecule is CNc1ccnc(N2C[C@@H]3[C@H](CNC(=O)c4occc4C)[C@H]4CC[C@]3(C2)O4)n1. The van der Waals surface area contributed by atoms with Crippen molar-refractivity contribution in [2.45, 2.75) is 31.5 Å². The van der Waals surface area contributed by atoms with Gasteiger partial charge in [-0.2, -0.15) is 4.98 Å². The zero-order valence-electron chi connectivity index (χ0n) is 16.1. The Morgan fingerprint density at radius 3 is 3.11 bits per heavy atom. The second kappa shape index (κ2) is 6.48. The maximum absolute atomic E-state index is 12.5. The minimum Gasteiger partial charge on any atom is -0.459 e. The van der Waals surface area contributed by atoms with Crippen molar-refractivity contribution in [1.82, 2.24) is 15.3 Å². The average molecular weight is 383 g/mol. The lowest BCUT2D eigenvalue weighted by molar-refractivity contribution is 0.0141. The normalized spacial score (nSPS) is 30.5. The number of fused-ring (bicyclic) bond motifs is 1. The molecule has 0 aromatic carbocycles. The maximum atomic E-state index is 12.5. The zero-order chi connectivity index (χ0) is 19.3. The number of furan rings is 1. The molecule has 2 aromatic heterocycles. The van der Waals surface area contributed by atoms with Gasteiger partial charge in [-0.05, 0) is 31.9 Å². The molecule has 3 saturated heterocycles. The molecule has 3 fully saturated rings. The predicted octanol–water partition coefficient (Wildman–Crippen LogP) is 1.83. The number of rotatable bonds is 5. The first kappa shape index (κ1) is 17.5. The van der Waals surface area contributed by atoms with E-state index in [9.17, 15) is 4.79 Å². The summed E-state index contributed by atoms with van der Waals surface area (Å²) >= 11 is 0. The van der Waals surface area contributed by atoms with Crippen molar-refractivity contribution in [3.63, 3.8) is 0 Å². The highest BCUT2D eigenvalue weighted by atomic mass is 16.5. The van der Waals surface area contributed by atoms with Crippen molar-refractivity contribution in [3.05, 3.63) is 35.9 Å². The summed E-state index contributed by atoms with van der Waals surface area (Å²) < 4.78 is 11.8. The van der Waals surface area contributed by atoms with E-state index in [-0.39, 0.29) is 17.6 Å². The molecule has 0 unspecified atom stereocenters. The Labute approximate surface area is 163 Å². The second-order valence-electron chi connectivity index (χ2n) is 8.05. The van der Waals surface area contributed by atoms with E-state index in [1.807, 2.05) is 20.0 Å². The lowest BCUT2D eigenvalue weighted by atomic mass is 9.73. The van der Waals surface area contributed by atoms with Crippen LogP contribution in [0.5, 0.6) is 0 Å². The van der Waals surface area contributed by atoms with E-state index in [0.29, 0.717) is 24.1 Å². The third-order valence-corrected chi connectivity index (χ3v) is 6.53. The average Bonchev–Trinajstić information content (AvgIpc) is 3.46. The highest BCUT2D eigenvalue weighted by Gasteiger charge is 2.63. The van der Waals surface area contributed by atoms with Crippen LogP contribution in [0.1, 0.15) is 29.0 Å². The van der Waals surface area contributed by atoms with Gasteiger partial charge in [0.1, 0.15) is 5.82 Å². The van der Waals surface area contributed by atoms with E-state index in [1.165, 1.54) is 0 Å². The summed E-state index contributed by atoms with van der Waals surface area (Å²) in [4.78, 5) is 23.7. The van der Waals surface area contributed by atoms with E-state index >= 15 is 0 Å². The number of aromatic nitrogens is 2. The molecule has 3 aliphatic rings. The summed E-state index contributed by atoms with van der Waals surface area (Å²) in [6, 6.07) is 3.66. The molecule has 8 nitrogen and oxygen atoms in total. The molecule has 0 radical (unpaired) electrons. The smallest absolute Gasteiger partial charge is 0.287 e. The molecule has 8 heteroatoms. The number of hydrogen-bond donors (Lipinski definition) is 2. The summed E-state index contributed by atoms with van der Waals surface area (Å²) in [6.45, 7) is 4.14. The number of amides is 1. The van der Waals surface area contributed by atoms with Gasteiger partial charge in [0.25, 0.3) is 5.91 Å². The van der Waals surface area contributed by atoms with Crippen LogP contribution in [0.25, 0.3) is 0 Å². The van der Waals surface area contributed by atoms with Gasteiger partial charge in [0, 0.05) is 43.7 Å². The Morgan fingerprint density at radius 2 is 2.32 bits per heavy atom. The Balaban J connectivity index is 1.30. The number of aryl methyl sites for hydroxylation is 1. The molecule has 1 amide bonds. The van der Waals surface area contributed by atoms with Crippen molar-refractivity contribution < 1.29 is 13.9 Å². The van der Waals surface area contributed by atoms with Gasteiger partial charge in [0.05, 0.1) is 24.5 Å². The minimum absolute atomic E-state index is 0.139. The molecule has 0 saturated carbocycles. The first-order valence-corrected chi connectivity index (χ1v) is 9.85. The van der Waals surface area contributed by atoms with Gasteiger partial charge in [-0.3, -0.25) is 4.79 Å². The molecule has 5 heterocycles. The van der Waals surface area contributed by atoms with Crippen LogP contribution >= 0.6 is 0 Å². The fourth-order valence-electron chi connectivity index (χ4n) is 5.15. The quantitative estimate of drug-likeness (QED) is 0.814. The third kappa shape index (κ3) is 2.66. The van der Waals surface area contributed by atoms with Crippen LogP contribution in [0.2, 0.25) is 0 Å². The molecular formula is C20H25N5O3. The number of ether oxygens (including phenoxy) is 1. The third-order valence-electron chi connectivity index (χ3n) is 6.53. The molecule has 28 heavy (non-hydrogen) atoms. The van der Waals surface area contributed by atoms with Crippen LogP contribution in [0.3, 0.4) is 0 Å². The van der Waals surface area contributed by atoms with Crippen LogP contribution in [-0.4, -0.2) is 54.3 Å². The number of nitrogens with one attached hydrogen (secondary N) is 2. The van der Waals surface area contributed by atoms with Gasteiger partial charge in [-0.25, -0.2) is 4.98 Å². The van der Waals surface area contributed by atoms with Crippen LogP contribution in [0.4, 0.5) is 11.8 Å². The summed E-state index contributed by atoms with van der Waals surface area (Å²) in [6.07, 6.45) is 5.65. The summed E-state index contributed by atoms with van der Waals surface area (Å²) in [5.74, 6) is 2.44. The largest absolute Gasteiger partial charge is 0.459 e. The number of hydrogen-bond acceptors (Lipinski definition) is 7. The van der Waals surface area contributed by atoms with E-state index in [2.05, 4.69) is 25.5 Å². The van der Waals surface area contributed by atoms with E-state index in [0.717, 1.165) is 43.3 Å². The van der Waals surface area contributed by atoms with Gasteiger partial charge in [0.2, 0.25) is 5.95 Å². The lowest BCUT2D eigenvalue weighted by Crippen LogP contribution is -2.41. The van der Waals surface area contributed by atoms with Gasteiger partial charge >= 0.3 is 0 Å². The molecule has 0 aliphatic carbocycles. The van der Waals surface area contributed by atoms with Crippen molar-refractivity contribution in [2.75, 3.05) is 36.9 Å². The van der Waals surface area contributed by atoms with E-state index in [1.54, 1.807) is 18.5 Å². The molecule has 2 N–H and O–H groups in total. The first-order valence-electron chi connectivity index (χ1n) is 9.85. The number of carbonyl (C=O) groups is 1. The number of nitrogens with zero attached hydrogens (tertiary/aromatic N) is 3. The molecule has 148 valence electrons. The fraction of sp³-hybridized carbons (Fsp3) is 0.550.